The number of aromatic nitrogens is 2. The van der Waals surface area contributed by atoms with E-state index in [-0.39, 0.29) is 6.10 Å². The first-order valence-corrected chi connectivity index (χ1v) is 6.54. The summed E-state index contributed by atoms with van der Waals surface area (Å²) in [5.41, 5.74) is 0.969. The van der Waals surface area contributed by atoms with Crippen LogP contribution in [0, 0.1) is 0 Å². The minimum absolute atomic E-state index is 0.0653. The zero-order valence-corrected chi connectivity index (χ0v) is 10.7. The van der Waals surface area contributed by atoms with Gasteiger partial charge in [-0.3, -0.25) is 0 Å². The van der Waals surface area contributed by atoms with Crippen molar-refractivity contribution in [2.45, 2.75) is 6.10 Å². The number of rotatable bonds is 2. The van der Waals surface area contributed by atoms with E-state index in [9.17, 15) is 0 Å². The Bertz CT molecular complexity index is 549. The fourth-order valence-corrected chi connectivity index (χ4v) is 2.30. The van der Waals surface area contributed by atoms with Crippen LogP contribution < -0.4 is 4.90 Å². The highest BCUT2D eigenvalue weighted by Crippen LogP contribution is 2.17. The second kappa shape index (κ2) is 5.08. The quantitative estimate of drug-likeness (QED) is 0.778. The Morgan fingerprint density at radius 1 is 1.39 bits per heavy atom. The molecule has 0 radical (unpaired) electrons. The van der Waals surface area contributed by atoms with Gasteiger partial charge in [-0.05, 0) is 6.07 Å². The van der Waals surface area contributed by atoms with Crippen LogP contribution in [0.25, 0.3) is 10.9 Å². The molecule has 0 aliphatic carbocycles. The van der Waals surface area contributed by atoms with Crippen molar-refractivity contribution in [3.05, 3.63) is 30.5 Å². The molecule has 1 aromatic heterocycles. The monoisotopic (exact) mass is 263 g/mol. The van der Waals surface area contributed by atoms with Crippen molar-refractivity contribution in [2.24, 2.45) is 0 Å². The van der Waals surface area contributed by atoms with Crippen LogP contribution in [0.3, 0.4) is 0 Å². The second-order valence-corrected chi connectivity index (χ2v) is 4.63. The summed E-state index contributed by atoms with van der Waals surface area (Å²) in [6, 6.07) is 7.99. The van der Waals surface area contributed by atoms with Crippen LogP contribution in [-0.4, -0.2) is 41.6 Å². The van der Waals surface area contributed by atoms with Crippen LogP contribution in [0.4, 0.5) is 5.95 Å². The molecule has 0 N–H and O–H groups in total. The lowest BCUT2D eigenvalue weighted by Gasteiger charge is -2.31. The second-order valence-electron chi connectivity index (χ2n) is 4.32. The highest BCUT2D eigenvalue weighted by molar-refractivity contribution is 6.18. The van der Waals surface area contributed by atoms with E-state index in [0.717, 1.165) is 29.9 Å². The Hall–Kier alpha value is -1.39. The van der Waals surface area contributed by atoms with Crippen molar-refractivity contribution < 1.29 is 4.74 Å². The summed E-state index contributed by atoms with van der Waals surface area (Å²) in [4.78, 5) is 11.1. The minimum Gasteiger partial charge on any atom is -0.373 e. The van der Waals surface area contributed by atoms with Crippen LogP contribution in [0.15, 0.2) is 30.5 Å². The summed E-state index contributed by atoms with van der Waals surface area (Å²) in [6.07, 6.45) is 1.93. The molecule has 0 amide bonds. The molecule has 1 fully saturated rings. The molecule has 1 atom stereocenters. The average molecular weight is 264 g/mol. The fraction of sp³-hybridized carbons (Fsp3) is 0.385. The molecule has 94 valence electrons. The van der Waals surface area contributed by atoms with Gasteiger partial charge in [0.1, 0.15) is 0 Å². The number of hydrogen-bond acceptors (Lipinski definition) is 4. The van der Waals surface area contributed by atoms with E-state index < -0.39 is 0 Å². The molecule has 0 spiro atoms. The molecule has 2 aromatic rings. The van der Waals surface area contributed by atoms with E-state index in [1.54, 1.807) is 0 Å². The lowest BCUT2D eigenvalue weighted by Crippen LogP contribution is -2.44. The van der Waals surface area contributed by atoms with E-state index in [2.05, 4.69) is 14.9 Å². The van der Waals surface area contributed by atoms with E-state index in [1.807, 2.05) is 30.5 Å². The van der Waals surface area contributed by atoms with Crippen molar-refractivity contribution in [1.82, 2.24) is 9.97 Å². The molecule has 5 heteroatoms. The van der Waals surface area contributed by atoms with Gasteiger partial charge in [0.15, 0.2) is 0 Å². The number of benzene rings is 1. The van der Waals surface area contributed by atoms with Crippen LogP contribution >= 0.6 is 11.6 Å². The third-order valence-corrected chi connectivity index (χ3v) is 3.41. The van der Waals surface area contributed by atoms with E-state index in [4.69, 9.17) is 16.3 Å². The standard InChI is InChI=1S/C13H14ClN3O/c14-7-11-9-17(5-6-18-11)13-15-8-10-3-1-2-4-12(10)16-13/h1-4,8,11H,5-7,9H2. The summed E-state index contributed by atoms with van der Waals surface area (Å²) in [5.74, 6) is 1.26. The summed E-state index contributed by atoms with van der Waals surface area (Å²) >= 11 is 5.84. The highest BCUT2D eigenvalue weighted by atomic mass is 35.5. The molecule has 4 nitrogen and oxygen atoms in total. The van der Waals surface area contributed by atoms with Gasteiger partial charge in [0.05, 0.1) is 24.1 Å². The molecule has 1 aliphatic rings. The number of nitrogens with zero attached hydrogens (tertiary/aromatic N) is 3. The largest absolute Gasteiger partial charge is 0.373 e. The van der Waals surface area contributed by atoms with Gasteiger partial charge in [0.25, 0.3) is 0 Å². The van der Waals surface area contributed by atoms with Crippen molar-refractivity contribution in [3.63, 3.8) is 0 Å². The van der Waals surface area contributed by atoms with Gasteiger partial charge in [0, 0.05) is 24.7 Å². The molecule has 1 aliphatic heterocycles. The van der Waals surface area contributed by atoms with Gasteiger partial charge in [-0.2, -0.15) is 0 Å². The Morgan fingerprint density at radius 3 is 3.17 bits per heavy atom. The maximum Gasteiger partial charge on any atom is 0.226 e. The number of fused-ring (bicyclic) bond motifs is 1. The maximum absolute atomic E-state index is 5.84. The van der Waals surface area contributed by atoms with Gasteiger partial charge in [-0.15, -0.1) is 11.6 Å². The van der Waals surface area contributed by atoms with Crippen LogP contribution in [0.2, 0.25) is 0 Å². The van der Waals surface area contributed by atoms with Gasteiger partial charge in [0.2, 0.25) is 5.95 Å². The van der Waals surface area contributed by atoms with Crippen LogP contribution in [0.5, 0.6) is 0 Å². The fourth-order valence-electron chi connectivity index (χ4n) is 2.11. The first-order valence-electron chi connectivity index (χ1n) is 6.01. The number of anilines is 1. The predicted octanol–water partition coefficient (Wildman–Crippen LogP) is 2.07. The first-order chi connectivity index (χ1) is 8.86. The maximum atomic E-state index is 5.84. The molecule has 1 aromatic carbocycles. The summed E-state index contributed by atoms with van der Waals surface area (Å²) < 4.78 is 5.54. The topological polar surface area (TPSA) is 38.2 Å². The molecular formula is C13H14ClN3O. The number of para-hydroxylation sites is 1. The van der Waals surface area contributed by atoms with E-state index >= 15 is 0 Å². The Labute approximate surface area is 111 Å². The zero-order chi connectivity index (χ0) is 12.4. The van der Waals surface area contributed by atoms with Crippen LogP contribution in [0.1, 0.15) is 0 Å². The molecule has 2 heterocycles. The summed E-state index contributed by atoms with van der Waals surface area (Å²) in [7, 11) is 0. The van der Waals surface area contributed by atoms with Gasteiger partial charge < -0.3 is 9.64 Å². The predicted molar refractivity (Wildman–Crippen MR) is 72.2 cm³/mol. The molecule has 1 unspecified atom stereocenters. The van der Waals surface area contributed by atoms with Crippen molar-refractivity contribution in [1.29, 1.82) is 0 Å². The smallest absolute Gasteiger partial charge is 0.226 e. The van der Waals surface area contributed by atoms with Crippen LogP contribution in [-0.2, 0) is 4.74 Å². The summed E-state index contributed by atoms with van der Waals surface area (Å²) in [6.45, 7) is 2.24. The van der Waals surface area contributed by atoms with Crippen molar-refractivity contribution >= 4 is 28.5 Å². The SMILES string of the molecule is ClCC1CN(c2ncc3ccccc3n2)CCO1. The van der Waals surface area contributed by atoms with E-state index in [0.29, 0.717) is 12.5 Å². The van der Waals surface area contributed by atoms with Gasteiger partial charge in [-0.25, -0.2) is 9.97 Å². The molecule has 0 bridgehead atoms. The number of halogens is 1. The number of ether oxygens (including phenoxy) is 1. The highest BCUT2D eigenvalue weighted by Gasteiger charge is 2.21. The molecule has 3 rings (SSSR count). The Kier molecular flexibility index (Phi) is 3.30. The van der Waals surface area contributed by atoms with Gasteiger partial charge >= 0.3 is 0 Å². The lowest BCUT2D eigenvalue weighted by molar-refractivity contribution is 0.0549. The number of hydrogen-bond donors (Lipinski definition) is 0. The van der Waals surface area contributed by atoms with Crippen molar-refractivity contribution in [3.8, 4) is 0 Å². The molecule has 1 saturated heterocycles. The molecular weight excluding hydrogens is 250 g/mol. The Morgan fingerprint density at radius 2 is 2.28 bits per heavy atom. The average Bonchev–Trinajstić information content (AvgIpc) is 2.47. The normalized spacial score (nSPS) is 20.3. The molecule has 18 heavy (non-hydrogen) atoms. The molecule has 0 saturated carbocycles. The summed E-state index contributed by atoms with van der Waals surface area (Å²) in [5, 5.41) is 1.06. The van der Waals surface area contributed by atoms with Crippen molar-refractivity contribution in [2.75, 3.05) is 30.5 Å². The third-order valence-electron chi connectivity index (χ3n) is 3.07. The van der Waals surface area contributed by atoms with Gasteiger partial charge in [-0.1, -0.05) is 18.2 Å². The zero-order valence-electron chi connectivity index (χ0n) is 9.92. The minimum atomic E-state index is 0.0653. The Balaban J connectivity index is 1.89. The third kappa shape index (κ3) is 2.26. The number of morpholine rings is 1. The number of alkyl halides is 1. The van der Waals surface area contributed by atoms with E-state index in [1.165, 1.54) is 0 Å². The lowest BCUT2D eigenvalue weighted by atomic mass is 10.2. The first kappa shape index (κ1) is 11.7.